The number of nitrogens with zero attached hydrogens (tertiary/aromatic N) is 1. The lowest BCUT2D eigenvalue weighted by Crippen LogP contribution is -1.98. The first-order valence-corrected chi connectivity index (χ1v) is 8.73. The van der Waals surface area contributed by atoms with Crippen LogP contribution < -0.4 is 0 Å². The summed E-state index contributed by atoms with van der Waals surface area (Å²) in [5, 5.41) is 11.4. The van der Waals surface area contributed by atoms with Gasteiger partial charge in [-0.05, 0) is 29.8 Å². The fourth-order valence-corrected chi connectivity index (χ4v) is 4.26. The van der Waals surface area contributed by atoms with Gasteiger partial charge in [-0.1, -0.05) is 46.3 Å². The summed E-state index contributed by atoms with van der Waals surface area (Å²) in [4.78, 5) is 12.7. The summed E-state index contributed by atoms with van der Waals surface area (Å²) in [5.41, 5.74) is 2.31. The van der Waals surface area contributed by atoms with E-state index in [4.69, 9.17) is 0 Å². The Kier molecular flexibility index (Phi) is 3.47. The molecule has 23 heavy (non-hydrogen) atoms. The molecule has 0 aliphatic carbocycles. The minimum atomic E-state index is -0.874. The van der Waals surface area contributed by atoms with Gasteiger partial charge in [-0.15, -0.1) is 11.3 Å². The summed E-state index contributed by atoms with van der Waals surface area (Å²) in [6.07, 6.45) is 0. The SMILES string of the molecule is O=C(O)c1cc2c3cc(Br)ccc3n(Cc3ccccc3)c2s1. The Hall–Kier alpha value is -2.11. The van der Waals surface area contributed by atoms with E-state index in [0.717, 1.165) is 32.1 Å². The molecule has 0 atom stereocenters. The van der Waals surface area contributed by atoms with Crippen LogP contribution in [0, 0.1) is 0 Å². The number of aromatic carboxylic acids is 1. The predicted molar refractivity (Wildman–Crippen MR) is 97.5 cm³/mol. The molecule has 0 aliphatic heterocycles. The smallest absolute Gasteiger partial charge is 0.345 e. The summed E-state index contributed by atoms with van der Waals surface area (Å²) >= 11 is 4.84. The second kappa shape index (κ2) is 5.51. The maximum Gasteiger partial charge on any atom is 0.345 e. The number of aromatic nitrogens is 1. The fourth-order valence-electron chi connectivity index (χ4n) is 2.87. The molecule has 5 heteroatoms. The van der Waals surface area contributed by atoms with Crippen molar-refractivity contribution in [3.05, 3.63) is 69.5 Å². The van der Waals surface area contributed by atoms with Gasteiger partial charge in [-0.2, -0.15) is 0 Å². The number of benzene rings is 2. The van der Waals surface area contributed by atoms with Gasteiger partial charge in [0, 0.05) is 21.8 Å². The molecule has 4 aromatic rings. The molecule has 0 aliphatic rings. The Bertz CT molecular complexity index is 1030. The number of carboxylic acids is 1. The molecule has 0 bridgehead atoms. The van der Waals surface area contributed by atoms with Crippen molar-refractivity contribution in [1.29, 1.82) is 0 Å². The molecule has 0 amide bonds. The summed E-state index contributed by atoms with van der Waals surface area (Å²) in [7, 11) is 0. The minimum absolute atomic E-state index is 0.374. The molecule has 114 valence electrons. The molecular weight excluding hydrogens is 374 g/mol. The predicted octanol–water partition coefficient (Wildman–Crippen LogP) is 5.37. The van der Waals surface area contributed by atoms with E-state index in [1.54, 1.807) is 6.07 Å². The van der Waals surface area contributed by atoms with Gasteiger partial charge in [0.2, 0.25) is 0 Å². The maximum absolute atomic E-state index is 11.3. The quantitative estimate of drug-likeness (QED) is 0.515. The third-order valence-corrected chi connectivity index (χ3v) is 5.53. The van der Waals surface area contributed by atoms with E-state index >= 15 is 0 Å². The minimum Gasteiger partial charge on any atom is -0.477 e. The van der Waals surface area contributed by atoms with E-state index in [1.165, 1.54) is 16.9 Å². The van der Waals surface area contributed by atoms with Crippen LogP contribution in [0.3, 0.4) is 0 Å². The van der Waals surface area contributed by atoms with Crippen molar-refractivity contribution < 1.29 is 9.90 Å². The van der Waals surface area contributed by atoms with E-state index in [-0.39, 0.29) is 0 Å². The van der Waals surface area contributed by atoms with Gasteiger partial charge in [0.25, 0.3) is 0 Å². The molecule has 3 nitrogen and oxygen atoms in total. The van der Waals surface area contributed by atoms with Crippen LogP contribution in [0.1, 0.15) is 15.2 Å². The van der Waals surface area contributed by atoms with Crippen molar-refractivity contribution in [3.63, 3.8) is 0 Å². The Morgan fingerprint density at radius 2 is 1.87 bits per heavy atom. The van der Waals surface area contributed by atoms with Crippen molar-refractivity contribution in [1.82, 2.24) is 4.57 Å². The van der Waals surface area contributed by atoms with E-state index in [9.17, 15) is 9.90 Å². The van der Waals surface area contributed by atoms with Crippen LogP contribution in [0.4, 0.5) is 0 Å². The fraction of sp³-hybridized carbons (Fsp3) is 0.0556. The molecule has 0 unspecified atom stereocenters. The summed E-state index contributed by atoms with van der Waals surface area (Å²) in [6, 6.07) is 18.1. The summed E-state index contributed by atoms with van der Waals surface area (Å²) in [5.74, 6) is -0.874. The first kappa shape index (κ1) is 14.5. The monoisotopic (exact) mass is 385 g/mol. The first-order valence-electron chi connectivity index (χ1n) is 7.12. The van der Waals surface area contributed by atoms with Crippen LogP contribution in [-0.4, -0.2) is 15.6 Å². The lowest BCUT2D eigenvalue weighted by molar-refractivity contribution is 0.0702. The molecule has 2 heterocycles. The standard InChI is InChI=1S/C18H12BrNO2S/c19-12-6-7-15-13(8-12)14-9-16(18(21)22)23-17(14)20(15)10-11-4-2-1-3-5-11/h1-9H,10H2,(H,21,22). The number of carbonyl (C=O) groups is 1. The molecule has 2 aromatic heterocycles. The molecule has 0 radical (unpaired) electrons. The Morgan fingerprint density at radius 1 is 1.09 bits per heavy atom. The zero-order chi connectivity index (χ0) is 16.0. The zero-order valence-corrected chi connectivity index (χ0v) is 14.4. The highest BCUT2D eigenvalue weighted by molar-refractivity contribution is 9.10. The van der Waals surface area contributed by atoms with E-state index in [2.05, 4.69) is 44.8 Å². The summed E-state index contributed by atoms with van der Waals surface area (Å²) < 4.78 is 3.19. The first-order chi connectivity index (χ1) is 11.1. The van der Waals surface area contributed by atoms with Crippen LogP contribution in [-0.2, 0) is 6.54 Å². The molecular formula is C18H12BrNO2S. The number of carboxylic acid groups (broad SMARTS) is 1. The van der Waals surface area contributed by atoms with Crippen LogP contribution in [0.2, 0.25) is 0 Å². The highest BCUT2D eigenvalue weighted by Gasteiger charge is 2.17. The molecule has 2 aromatic carbocycles. The molecule has 0 saturated carbocycles. The number of fused-ring (bicyclic) bond motifs is 3. The van der Waals surface area contributed by atoms with Crippen LogP contribution in [0.25, 0.3) is 21.1 Å². The van der Waals surface area contributed by atoms with Crippen molar-refractivity contribution in [2.24, 2.45) is 0 Å². The topological polar surface area (TPSA) is 42.2 Å². The summed E-state index contributed by atoms with van der Waals surface area (Å²) in [6.45, 7) is 0.724. The number of hydrogen-bond acceptors (Lipinski definition) is 2. The van der Waals surface area contributed by atoms with Crippen LogP contribution >= 0.6 is 27.3 Å². The van der Waals surface area contributed by atoms with Crippen LogP contribution in [0.5, 0.6) is 0 Å². The maximum atomic E-state index is 11.3. The lowest BCUT2D eigenvalue weighted by atomic mass is 10.2. The third kappa shape index (κ3) is 2.46. The Labute approximate surface area is 144 Å². The Balaban J connectivity index is 2.00. The molecule has 0 saturated heterocycles. The largest absolute Gasteiger partial charge is 0.477 e. The molecule has 0 fully saturated rings. The van der Waals surface area contributed by atoms with Gasteiger partial charge in [-0.3, -0.25) is 0 Å². The van der Waals surface area contributed by atoms with Gasteiger partial charge in [0.15, 0.2) is 0 Å². The van der Waals surface area contributed by atoms with Gasteiger partial charge in [0.05, 0.1) is 5.52 Å². The van der Waals surface area contributed by atoms with Crippen molar-refractivity contribution >= 4 is 54.4 Å². The molecule has 4 rings (SSSR count). The normalized spacial score (nSPS) is 11.3. The van der Waals surface area contributed by atoms with Gasteiger partial charge in [-0.25, -0.2) is 4.79 Å². The van der Waals surface area contributed by atoms with E-state index < -0.39 is 5.97 Å². The highest BCUT2D eigenvalue weighted by Crippen LogP contribution is 2.37. The third-order valence-electron chi connectivity index (χ3n) is 3.89. The van der Waals surface area contributed by atoms with Crippen molar-refractivity contribution in [2.45, 2.75) is 6.54 Å². The second-order valence-corrected chi connectivity index (χ2v) is 7.31. The molecule has 0 spiro atoms. The highest BCUT2D eigenvalue weighted by atomic mass is 79.9. The lowest BCUT2D eigenvalue weighted by Gasteiger charge is -2.07. The number of halogens is 1. The zero-order valence-electron chi connectivity index (χ0n) is 12.0. The van der Waals surface area contributed by atoms with Gasteiger partial charge in [0.1, 0.15) is 9.71 Å². The average molecular weight is 386 g/mol. The van der Waals surface area contributed by atoms with Gasteiger partial charge < -0.3 is 9.67 Å². The number of hydrogen-bond donors (Lipinski definition) is 1. The van der Waals surface area contributed by atoms with E-state index in [1.807, 2.05) is 24.3 Å². The molecule has 1 N–H and O–H groups in total. The Morgan fingerprint density at radius 3 is 2.61 bits per heavy atom. The second-order valence-electron chi connectivity index (χ2n) is 5.37. The van der Waals surface area contributed by atoms with Crippen LogP contribution in [0.15, 0.2) is 59.1 Å². The van der Waals surface area contributed by atoms with E-state index in [0.29, 0.717) is 4.88 Å². The van der Waals surface area contributed by atoms with Crippen molar-refractivity contribution in [2.75, 3.05) is 0 Å². The number of thiophene rings is 1. The average Bonchev–Trinajstić information content (AvgIpc) is 3.08. The van der Waals surface area contributed by atoms with Gasteiger partial charge >= 0.3 is 5.97 Å². The van der Waals surface area contributed by atoms with Crippen molar-refractivity contribution in [3.8, 4) is 0 Å². The number of rotatable bonds is 3.